The van der Waals surface area contributed by atoms with Crippen molar-refractivity contribution in [1.29, 1.82) is 0 Å². The number of carbonyl (C=O) groups excluding carboxylic acids is 1. The maximum atomic E-state index is 12.8. The Labute approximate surface area is 130 Å². The number of halogens is 2. The Bertz CT molecular complexity index is 651. The molecule has 0 heterocycles. The molecule has 0 unspecified atom stereocenters. The molecule has 3 nitrogen and oxygen atoms in total. The van der Waals surface area contributed by atoms with E-state index in [1.807, 2.05) is 24.3 Å². The van der Waals surface area contributed by atoms with Crippen LogP contribution in [0.4, 0.5) is 10.1 Å². The fourth-order valence-corrected chi connectivity index (χ4v) is 1.92. The first-order chi connectivity index (χ1) is 10.1. The quantitative estimate of drug-likeness (QED) is 0.663. The van der Waals surface area contributed by atoms with E-state index in [0.717, 1.165) is 10.0 Å². The molecule has 1 amide bonds. The summed E-state index contributed by atoms with van der Waals surface area (Å²) >= 11 is 3.35. The number of methoxy groups -OCH3 is 1. The van der Waals surface area contributed by atoms with Gasteiger partial charge >= 0.3 is 0 Å². The van der Waals surface area contributed by atoms with E-state index < -0.39 is 5.91 Å². The van der Waals surface area contributed by atoms with Gasteiger partial charge in [0.25, 0.3) is 5.91 Å². The van der Waals surface area contributed by atoms with Crippen molar-refractivity contribution in [2.75, 3.05) is 12.4 Å². The largest absolute Gasteiger partial charge is 0.491 e. The van der Waals surface area contributed by atoms with Crippen LogP contribution in [-0.4, -0.2) is 13.0 Å². The lowest BCUT2D eigenvalue weighted by atomic mass is 10.2. The molecule has 2 aromatic carbocycles. The summed E-state index contributed by atoms with van der Waals surface area (Å²) in [6.07, 6.45) is 1.63. The first-order valence-electron chi connectivity index (χ1n) is 6.16. The second-order valence-electron chi connectivity index (χ2n) is 4.23. The molecule has 1 N–H and O–H groups in total. The molecule has 0 saturated carbocycles. The highest BCUT2D eigenvalue weighted by Crippen LogP contribution is 2.15. The van der Waals surface area contributed by atoms with Gasteiger partial charge in [0, 0.05) is 10.2 Å². The summed E-state index contributed by atoms with van der Waals surface area (Å²) in [5.74, 6) is -0.584. The van der Waals surface area contributed by atoms with Crippen molar-refractivity contribution in [2.24, 2.45) is 0 Å². The Kier molecular flexibility index (Phi) is 5.11. The number of amides is 1. The Hall–Kier alpha value is -2.14. The predicted octanol–water partition coefficient (Wildman–Crippen LogP) is 4.21. The molecule has 5 heteroatoms. The summed E-state index contributed by atoms with van der Waals surface area (Å²) in [5.41, 5.74) is 1.34. The van der Waals surface area contributed by atoms with E-state index in [4.69, 9.17) is 4.74 Å². The minimum atomic E-state index is -0.396. The number of ether oxygens (including phenoxy) is 1. The third-order valence-corrected chi connectivity index (χ3v) is 3.24. The third-order valence-electron chi connectivity index (χ3n) is 2.71. The van der Waals surface area contributed by atoms with Crippen molar-refractivity contribution in [3.05, 3.63) is 70.1 Å². The monoisotopic (exact) mass is 349 g/mol. The Balaban J connectivity index is 2.14. The smallest absolute Gasteiger partial charge is 0.290 e. The lowest BCUT2D eigenvalue weighted by molar-refractivity contribution is -0.115. The average molecular weight is 350 g/mol. The second-order valence-corrected chi connectivity index (χ2v) is 5.14. The summed E-state index contributed by atoms with van der Waals surface area (Å²) in [6.45, 7) is 0. The van der Waals surface area contributed by atoms with Gasteiger partial charge in [-0.25, -0.2) is 4.39 Å². The number of benzene rings is 2. The Morgan fingerprint density at radius 1 is 1.14 bits per heavy atom. The SMILES string of the molecule is CO/C(=C\c1ccc(Br)cc1)C(=O)Nc1ccc(F)cc1. The van der Waals surface area contributed by atoms with Crippen molar-refractivity contribution in [1.82, 2.24) is 0 Å². The summed E-state index contributed by atoms with van der Waals surface area (Å²) in [7, 11) is 1.43. The number of carbonyl (C=O) groups is 1. The fraction of sp³-hybridized carbons (Fsp3) is 0.0625. The molecule has 21 heavy (non-hydrogen) atoms. The maximum absolute atomic E-state index is 12.8. The van der Waals surface area contributed by atoms with E-state index in [9.17, 15) is 9.18 Å². The summed E-state index contributed by atoms with van der Waals surface area (Å²) in [5, 5.41) is 2.64. The lowest BCUT2D eigenvalue weighted by Crippen LogP contribution is -2.15. The van der Waals surface area contributed by atoms with Crippen molar-refractivity contribution in [3.8, 4) is 0 Å². The Morgan fingerprint density at radius 3 is 2.33 bits per heavy atom. The van der Waals surface area contributed by atoms with Gasteiger partial charge in [0.15, 0.2) is 5.76 Å². The van der Waals surface area contributed by atoms with Gasteiger partial charge in [-0.2, -0.15) is 0 Å². The van der Waals surface area contributed by atoms with E-state index in [1.165, 1.54) is 31.4 Å². The van der Waals surface area contributed by atoms with Crippen LogP contribution in [0, 0.1) is 5.82 Å². The van der Waals surface area contributed by atoms with Gasteiger partial charge in [0.05, 0.1) is 7.11 Å². The molecule has 2 aromatic rings. The zero-order chi connectivity index (χ0) is 15.2. The molecule has 2 rings (SSSR count). The molecular formula is C16H13BrFNO2. The van der Waals surface area contributed by atoms with Crippen LogP contribution < -0.4 is 5.32 Å². The molecule has 0 bridgehead atoms. The van der Waals surface area contributed by atoms with E-state index in [2.05, 4.69) is 21.2 Å². The topological polar surface area (TPSA) is 38.3 Å². The fourth-order valence-electron chi connectivity index (χ4n) is 1.65. The van der Waals surface area contributed by atoms with Crippen LogP contribution in [0.1, 0.15) is 5.56 Å². The first kappa shape index (κ1) is 15.3. The van der Waals surface area contributed by atoms with Crippen LogP contribution in [0.3, 0.4) is 0 Å². The first-order valence-corrected chi connectivity index (χ1v) is 6.96. The highest BCUT2D eigenvalue weighted by Gasteiger charge is 2.10. The van der Waals surface area contributed by atoms with Gasteiger partial charge in [-0.05, 0) is 48.0 Å². The van der Waals surface area contributed by atoms with Gasteiger partial charge < -0.3 is 10.1 Å². The summed E-state index contributed by atoms with van der Waals surface area (Å²) < 4.78 is 18.9. The standard InChI is InChI=1S/C16H13BrFNO2/c1-21-15(10-11-2-4-12(17)5-3-11)16(20)19-14-8-6-13(18)7-9-14/h2-10H,1H3,(H,19,20)/b15-10-. The number of rotatable bonds is 4. The molecule has 108 valence electrons. The number of anilines is 1. The molecule has 0 saturated heterocycles. The second kappa shape index (κ2) is 7.04. The molecule has 0 radical (unpaired) electrons. The highest BCUT2D eigenvalue weighted by atomic mass is 79.9. The van der Waals surface area contributed by atoms with E-state index in [1.54, 1.807) is 6.08 Å². The van der Waals surface area contributed by atoms with Crippen molar-refractivity contribution in [2.45, 2.75) is 0 Å². The van der Waals surface area contributed by atoms with E-state index in [0.29, 0.717) is 5.69 Å². The van der Waals surface area contributed by atoms with Gasteiger partial charge in [-0.3, -0.25) is 4.79 Å². The molecule has 0 fully saturated rings. The van der Waals surface area contributed by atoms with Crippen LogP contribution >= 0.6 is 15.9 Å². The zero-order valence-electron chi connectivity index (χ0n) is 11.3. The van der Waals surface area contributed by atoms with Crippen LogP contribution in [0.15, 0.2) is 58.8 Å². The zero-order valence-corrected chi connectivity index (χ0v) is 12.9. The molecule has 0 aromatic heterocycles. The van der Waals surface area contributed by atoms with Gasteiger partial charge in [0.1, 0.15) is 5.82 Å². The number of hydrogen-bond donors (Lipinski definition) is 1. The highest BCUT2D eigenvalue weighted by molar-refractivity contribution is 9.10. The molecular weight excluding hydrogens is 337 g/mol. The minimum absolute atomic E-state index is 0.168. The van der Waals surface area contributed by atoms with E-state index >= 15 is 0 Å². The van der Waals surface area contributed by atoms with Crippen LogP contribution in [-0.2, 0) is 9.53 Å². The molecule has 0 aliphatic rings. The van der Waals surface area contributed by atoms with Gasteiger partial charge in [-0.15, -0.1) is 0 Å². The van der Waals surface area contributed by atoms with Crippen LogP contribution in [0.2, 0.25) is 0 Å². The molecule has 0 atom stereocenters. The van der Waals surface area contributed by atoms with Crippen molar-refractivity contribution < 1.29 is 13.9 Å². The molecule has 0 aliphatic carbocycles. The minimum Gasteiger partial charge on any atom is -0.491 e. The molecule has 0 aliphatic heterocycles. The number of nitrogens with one attached hydrogen (secondary N) is 1. The van der Waals surface area contributed by atoms with Crippen LogP contribution in [0.5, 0.6) is 0 Å². The normalized spacial score (nSPS) is 11.1. The van der Waals surface area contributed by atoms with Gasteiger partial charge in [-0.1, -0.05) is 28.1 Å². The Morgan fingerprint density at radius 2 is 1.76 bits per heavy atom. The van der Waals surface area contributed by atoms with Crippen LogP contribution in [0.25, 0.3) is 6.08 Å². The lowest BCUT2D eigenvalue weighted by Gasteiger charge is -2.08. The van der Waals surface area contributed by atoms with Gasteiger partial charge in [0.2, 0.25) is 0 Å². The van der Waals surface area contributed by atoms with Crippen molar-refractivity contribution >= 4 is 33.6 Å². The maximum Gasteiger partial charge on any atom is 0.290 e. The number of hydrogen-bond acceptors (Lipinski definition) is 2. The summed E-state index contributed by atoms with van der Waals surface area (Å²) in [6, 6.07) is 13.0. The van der Waals surface area contributed by atoms with Crippen molar-refractivity contribution in [3.63, 3.8) is 0 Å². The average Bonchev–Trinajstić information content (AvgIpc) is 2.49. The summed E-state index contributed by atoms with van der Waals surface area (Å²) in [4.78, 5) is 12.1. The van der Waals surface area contributed by atoms with E-state index in [-0.39, 0.29) is 11.6 Å². The third kappa shape index (κ3) is 4.43. The predicted molar refractivity (Wildman–Crippen MR) is 84.2 cm³/mol. The molecule has 0 spiro atoms.